The molecular formula is C25H24N2O4. The summed E-state index contributed by atoms with van der Waals surface area (Å²) in [6, 6.07) is 21.0. The second kappa shape index (κ2) is 8.22. The van der Waals surface area contributed by atoms with Gasteiger partial charge in [0.25, 0.3) is 0 Å². The first-order chi connectivity index (χ1) is 14.9. The van der Waals surface area contributed by atoms with Gasteiger partial charge in [-0.2, -0.15) is 0 Å². The predicted molar refractivity (Wildman–Crippen MR) is 116 cm³/mol. The number of furan rings is 1. The fourth-order valence-electron chi connectivity index (χ4n) is 4.08. The number of imide groups is 1. The number of rotatable bonds is 6. The zero-order chi connectivity index (χ0) is 22.0. The van der Waals surface area contributed by atoms with E-state index in [2.05, 4.69) is 0 Å². The molecule has 0 N–H and O–H groups in total. The van der Waals surface area contributed by atoms with Crippen molar-refractivity contribution in [2.75, 3.05) is 14.1 Å². The first-order valence-electron chi connectivity index (χ1n) is 10.1. The average Bonchev–Trinajstić information content (AvgIpc) is 3.37. The van der Waals surface area contributed by atoms with E-state index in [9.17, 15) is 14.4 Å². The molecule has 158 valence electrons. The summed E-state index contributed by atoms with van der Waals surface area (Å²) < 4.78 is 5.32. The van der Waals surface area contributed by atoms with Gasteiger partial charge >= 0.3 is 0 Å². The number of amides is 3. The van der Waals surface area contributed by atoms with Crippen LogP contribution in [-0.4, -0.2) is 41.6 Å². The summed E-state index contributed by atoms with van der Waals surface area (Å²) in [6.45, 7) is 0.298. The van der Waals surface area contributed by atoms with Gasteiger partial charge in [0.15, 0.2) is 0 Å². The van der Waals surface area contributed by atoms with Crippen molar-refractivity contribution in [3.8, 4) is 11.1 Å². The van der Waals surface area contributed by atoms with Crippen molar-refractivity contribution in [2.45, 2.75) is 24.8 Å². The second-order valence-corrected chi connectivity index (χ2v) is 7.97. The van der Waals surface area contributed by atoms with E-state index < -0.39 is 5.41 Å². The molecule has 2 heterocycles. The Bertz CT molecular complexity index is 1090. The van der Waals surface area contributed by atoms with E-state index >= 15 is 0 Å². The van der Waals surface area contributed by atoms with Gasteiger partial charge in [-0.1, -0.05) is 54.6 Å². The van der Waals surface area contributed by atoms with Crippen molar-refractivity contribution in [1.82, 2.24) is 9.80 Å². The Labute approximate surface area is 181 Å². The summed E-state index contributed by atoms with van der Waals surface area (Å²) in [4.78, 5) is 41.3. The van der Waals surface area contributed by atoms with Crippen LogP contribution in [0.15, 0.2) is 77.4 Å². The molecule has 6 heteroatoms. The van der Waals surface area contributed by atoms with Crippen LogP contribution < -0.4 is 0 Å². The van der Waals surface area contributed by atoms with Crippen LogP contribution in [0.5, 0.6) is 0 Å². The molecular weight excluding hydrogens is 392 g/mol. The highest BCUT2D eigenvalue weighted by Crippen LogP contribution is 2.40. The molecule has 1 atom stereocenters. The summed E-state index contributed by atoms with van der Waals surface area (Å²) in [7, 11) is 3.14. The molecule has 0 aliphatic carbocycles. The van der Waals surface area contributed by atoms with Crippen molar-refractivity contribution < 1.29 is 18.8 Å². The van der Waals surface area contributed by atoms with Crippen molar-refractivity contribution in [1.29, 1.82) is 0 Å². The number of likely N-dealkylation sites (tertiary alicyclic amines) is 1. The molecule has 1 unspecified atom stereocenters. The molecule has 1 fully saturated rings. The van der Waals surface area contributed by atoms with Crippen LogP contribution in [0.1, 0.15) is 24.2 Å². The van der Waals surface area contributed by atoms with Crippen LogP contribution in [0.2, 0.25) is 0 Å². The van der Waals surface area contributed by atoms with E-state index in [1.54, 1.807) is 25.4 Å². The quantitative estimate of drug-likeness (QED) is 0.576. The summed E-state index contributed by atoms with van der Waals surface area (Å²) in [5, 5.41) is 0. The summed E-state index contributed by atoms with van der Waals surface area (Å²) in [6.07, 6.45) is 1.45. The molecule has 1 aromatic heterocycles. The third kappa shape index (κ3) is 3.89. The van der Waals surface area contributed by atoms with E-state index in [1.807, 2.05) is 54.6 Å². The molecule has 1 aliphatic heterocycles. The van der Waals surface area contributed by atoms with Crippen LogP contribution in [0, 0.1) is 0 Å². The zero-order valence-corrected chi connectivity index (χ0v) is 17.6. The van der Waals surface area contributed by atoms with E-state index in [4.69, 9.17) is 4.42 Å². The third-order valence-electron chi connectivity index (χ3n) is 5.94. The van der Waals surface area contributed by atoms with Gasteiger partial charge in [-0.05, 0) is 28.8 Å². The molecule has 0 saturated carbocycles. The maximum absolute atomic E-state index is 13.2. The minimum Gasteiger partial charge on any atom is -0.467 e. The Morgan fingerprint density at radius 3 is 2.26 bits per heavy atom. The molecule has 1 saturated heterocycles. The Balaban J connectivity index is 1.64. The third-order valence-corrected chi connectivity index (χ3v) is 5.94. The Hall–Kier alpha value is -3.67. The number of carbonyl (C=O) groups excluding carboxylic acids is 3. The molecule has 0 spiro atoms. The fraction of sp³-hybridized carbons (Fsp3) is 0.240. The lowest BCUT2D eigenvalue weighted by Crippen LogP contribution is -2.41. The first-order valence-corrected chi connectivity index (χ1v) is 10.1. The summed E-state index contributed by atoms with van der Waals surface area (Å²) >= 11 is 0. The number of benzene rings is 2. The van der Waals surface area contributed by atoms with E-state index in [0.29, 0.717) is 17.9 Å². The number of hydrogen-bond donors (Lipinski definition) is 0. The molecule has 3 aromatic rings. The Kier molecular flexibility index (Phi) is 5.46. The zero-order valence-electron chi connectivity index (χ0n) is 17.6. The highest BCUT2D eigenvalue weighted by atomic mass is 16.3. The molecule has 0 bridgehead atoms. The second-order valence-electron chi connectivity index (χ2n) is 7.97. The van der Waals surface area contributed by atoms with Crippen molar-refractivity contribution in [2.24, 2.45) is 0 Å². The number of nitrogens with zero attached hydrogens (tertiary/aromatic N) is 2. The van der Waals surface area contributed by atoms with Gasteiger partial charge in [-0.25, -0.2) is 0 Å². The lowest BCUT2D eigenvalue weighted by atomic mass is 9.75. The van der Waals surface area contributed by atoms with Crippen LogP contribution in [0.3, 0.4) is 0 Å². The average molecular weight is 416 g/mol. The van der Waals surface area contributed by atoms with Gasteiger partial charge in [0.1, 0.15) is 5.76 Å². The lowest BCUT2D eigenvalue weighted by molar-refractivity contribution is -0.141. The molecule has 6 nitrogen and oxygen atoms in total. The van der Waals surface area contributed by atoms with Gasteiger partial charge in [0.2, 0.25) is 17.7 Å². The molecule has 1 aliphatic rings. The number of carbonyl (C=O) groups is 3. The fourth-order valence-corrected chi connectivity index (χ4v) is 4.08. The van der Waals surface area contributed by atoms with Crippen molar-refractivity contribution >= 4 is 17.7 Å². The van der Waals surface area contributed by atoms with E-state index in [1.165, 1.54) is 11.9 Å². The smallest absolute Gasteiger partial charge is 0.240 e. The van der Waals surface area contributed by atoms with Gasteiger partial charge in [0.05, 0.1) is 18.2 Å². The van der Waals surface area contributed by atoms with Crippen LogP contribution in [0.25, 0.3) is 11.1 Å². The Morgan fingerprint density at radius 2 is 1.68 bits per heavy atom. The summed E-state index contributed by atoms with van der Waals surface area (Å²) in [5.74, 6) is -0.189. The van der Waals surface area contributed by atoms with E-state index in [-0.39, 0.29) is 30.6 Å². The van der Waals surface area contributed by atoms with Gasteiger partial charge in [0, 0.05) is 26.9 Å². The molecule has 3 amide bonds. The Morgan fingerprint density at radius 1 is 1.00 bits per heavy atom. The van der Waals surface area contributed by atoms with Crippen LogP contribution in [-0.2, 0) is 26.3 Å². The number of hydrogen-bond acceptors (Lipinski definition) is 4. The highest BCUT2D eigenvalue weighted by Gasteiger charge is 2.52. The minimum atomic E-state index is -1.20. The minimum absolute atomic E-state index is 0.0205. The van der Waals surface area contributed by atoms with Gasteiger partial charge in [-0.3, -0.25) is 19.3 Å². The number of likely N-dealkylation sites (N-methyl/N-ethyl adjacent to an activating group) is 1. The SMILES string of the molecule is CN(Cc1ccco1)C(=O)CC1(c2ccc(-c3ccccc3)cc2)CC(=O)N(C)C1=O. The van der Waals surface area contributed by atoms with Crippen molar-refractivity contribution in [3.05, 3.63) is 84.3 Å². The van der Waals surface area contributed by atoms with E-state index in [0.717, 1.165) is 16.0 Å². The molecule has 31 heavy (non-hydrogen) atoms. The lowest BCUT2D eigenvalue weighted by Gasteiger charge is -2.28. The maximum Gasteiger partial charge on any atom is 0.240 e. The topological polar surface area (TPSA) is 70.8 Å². The standard InChI is InChI=1S/C25H24N2O4/c1-26(17-21-9-6-14-31-21)22(28)15-25(16-23(29)27(2)24(25)30)20-12-10-19(11-13-20)18-7-4-3-5-8-18/h3-14H,15-17H2,1-2H3. The van der Waals surface area contributed by atoms with Gasteiger partial charge < -0.3 is 9.32 Å². The van der Waals surface area contributed by atoms with Crippen LogP contribution in [0.4, 0.5) is 0 Å². The highest BCUT2D eigenvalue weighted by molar-refractivity contribution is 6.10. The predicted octanol–water partition coefficient (Wildman–Crippen LogP) is 3.62. The summed E-state index contributed by atoms with van der Waals surface area (Å²) in [5.41, 5.74) is 1.54. The normalized spacial score (nSPS) is 18.5. The largest absolute Gasteiger partial charge is 0.467 e. The molecule has 0 radical (unpaired) electrons. The molecule has 4 rings (SSSR count). The monoisotopic (exact) mass is 416 g/mol. The molecule has 2 aromatic carbocycles. The van der Waals surface area contributed by atoms with Gasteiger partial charge in [-0.15, -0.1) is 0 Å². The van der Waals surface area contributed by atoms with Crippen LogP contribution >= 0.6 is 0 Å². The first kappa shape index (κ1) is 20.6. The maximum atomic E-state index is 13.2. The van der Waals surface area contributed by atoms with Crippen molar-refractivity contribution in [3.63, 3.8) is 0 Å².